The molecule has 3 heteroatoms. The first-order valence-electron chi connectivity index (χ1n) is 5.75. The predicted octanol–water partition coefficient (Wildman–Crippen LogP) is 2.95. The Hall–Kier alpha value is -1.76. The Morgan fingerprint density at radius 3 is 2.89 bits per heavy atom. The molecule has 0 atom stereocenters. The molecular weight excluding hydrogens is 242 g/mol. The van der Waals surface area contributed by atoms with Crippen molar-refractivity contribution in [3.05, 3.63) is 51.7 Å². The van der Waals surface area contributed by atoms with Crippen LogP contribution in [0.25, 0.3) is 0 Å². The summed E-state index contributed by atoms with van der Waals surface area (Å²) in [6.07, 6.45) is 0. The molecular formula is C15H15NOS. The van der Waals surface area contributed by atoms with Gasteiger partial charge in [0.15, 0.2) is 0 Å². The van der Waals surface area contributed by atoms with E-state index < -0.39 is 0 Å². The SMILES string of the molecule is Cc1ccccc1OCc1sccc1C#CCN. The van der Waals surface area contributed by atoms with E-state index in [4.69, 9.17) is 10.5 Å². The summed E-state index contributed by atoms with van der Waals surface area (Å²) >= 11 is 1.66. The zero-order valence-corrected chi connectivity index (χ0v) is 11.1. The van der Waals surface area contributed by atoms with Crippen LogP contribution in [0.2, 0.25) is 0 Å². The van der Waals surface area contributed by atoms with Crippen LogP contribution in [0.1, 0.15) is 16.0 Å². The zero-order valence-electron chi connectivity index (χ0n) is 10.3. The van der Waals surface area contributed by atoms with E-state index in [2.05, 4.69) is 11.8 Å². The highest BCUT2D eigenvalue weighted by molar-refractivity contribution is 7.10. The fourth-order valence-electron chi connectivity index (χ4n) is 1.57. The van der Waals surface area contributed by atoms with Gasteiger partial charge in [0.1, 0.15) is 12.4 Å². The largest absolute Gasteiger partial charge is 0.488 e. The molecule has 2 N–H and O–H groups in total. The molecule has 1 heterocycles. The summed E-state index contributed by atoms with van der Waals surface area (Å²) in [5, 5.41) is 2.02. The molecule has 0 aliphatic carbocycles. The van der Waals surface area contributed by atoms with E-state index in [0.29, 0.717) is 13.2 Å². The van der Waals surface area contributed by atoms with E-state index in [9.17, 15) is 0 Å². The first kappa shape index (κ1) is 12.7. The molecule has 0 fully saturated rings. The average molecular weight is 257 g/mol. The molecule has 0 aliphatic heterocycles. The molecule has 2 nitrogen and oxygen atoms in total. The maximum absolute atomic E-state index is 5.81. The smallest absolute Gasteiger partial charge is 0.124 e. The van der Waals surface area contributed by atoms with Crippen molar-refractivity contribution in [1.82, 2.24) is 0 Å². The third kappa shape index (κ3) is 3.13. The van der Waals surface area contributed by atoms with Gasteiger partial charge < -0.3 is 10.5 Å². The quantitative estimate of drug-likeness (QED) is 0.858. The number of nitrogens with two attached hydrogens (primary N) is 1. The minimum atomic E-state index is 0.383. The molecule has 0 amide bonds. The molecule has 0 unspecified atom stereocenters. The van der Waals surface area contributed by atoms with Crippen LogP contribution in [-0.4, -0.2) is 6.54 Å². The summed E-state index contributed by atoms with van der Waals surface area (Å²) in [6.45, 7) is 2.98. The van der Waals surface area contributed by atoms with Gasteiger partial charge in [-0.3, -0.25) is 0 Å². The first-order valence-corrected chi connectivity index (χ1v) is 6.63. The van der Waals surface area contributed by atoms with Gasteiger partial charge in [-0.2, -0.15) is 0 Å². The van der Waals surface area contributed by atoms with Crippen LogP contribution < -0.4 is 10.5 Å². The third-order valence-corrected chi connectivity index (χ3v) is 3.42. The van der Waals surface area contributed by atoms with Crippen LogP contribution >= 0.6 is 11.3 Å². The van der Waals surface area contributed by atoms with Crippen molar-refractivity contribution in [2.75, 3.05) is 6.54 Å². The Labute approximate surface area is 111 Å². The first-order chi connectivity index (χ1) is 8.81. The van der Waals surface area contributed by atoms with Crippen molar-refractivity contribution in [3.63, 3.8) is 0 Å². The number of benzene rings is 1. The van der Waals surface area contributed by atoms with E-state index in [0.717, 1.165) is 21.8 Å². The molecule has 1 aromatic carbocycles. The van der Waals surface area contributed by atoms with E-state index in [1.54, 1.807) is 11.3 Å². The topological polar surface area (TPSA) is 35.2 Å². The molecule has 0 spiro atoms. The summed E-state index contributed by atoms with van der Waals surface area (Å²) < 4.78 is 5.81. The van der Waals surface area contributed by atoms with Crippen LogP contribution in [0.4, 0.5) is 0 Å². The highest BCUT2D eigenvalue weighted by atomic mass is 32.1. The van der Waals surface area contributed by atoms with Crippen LogP contribution in [-0.2, 0) is 6.61 Å². The van der Waals surface area contributed by atoms with E-state index in [1.165, 1.54) is 0 Å². The Morgan fingerprint density at radius 2 is 2.11 bits per heavy atom. The van der Waals surface area contributed by atoms with Gasteiger partial charge in [0, 0.05) is 5.56 Å². The van der Waals surface area contributed by atoms with E-state index >= 15 is 0 Å². The van der Waals surface area contributed by atoms with Gasteiger partial charge in [-0.15, -0.1) is 11.3 Å². The second-order valence-corrected chi connectivity index (χ2v) is 4.82. The van der Waals surface area contributed by atoms with Crippen molar-refractivity contribution < 1.29 is 4.74 Å². The Bertz CT molecular complexity index is 577. The monoisotopic (exact) mass is 257 g/mol. The van der Waals surface area contributed by atoms with Crippen molar-refractivity contribution in [1.29, 1.82) is 0 Å². The van der Waals surface area contributed by atoms with Gasteiger partial charge in [0.2, 0.25) is 0 Å². The van der Waals surface area contributed by atoms with Crippen LogP contribution in [0.5, 0.6) is 5.75 Å². The second-order valence-electron chi connectivity index (χ2n) is 3.82. The number of aryl methyl sites for hydroxylation is 1. The fourth-order valence-corrected chi connectivity index (χ4v) is 2.31. The molecule has 0 bridgehead atoms. The van der Waals surface area contributed by atoms with E-state index in [1.807, 2.05) is 42.6 Å². The number of ether oxygens (including phenoxy) is 1. The Morgan fingerprint density at radius 1 is 1.28 bits per heavy atom. The standard InChI is InChI=1S/C15H15NOS/c1-12-5-2-3-7-14(12)17-11-15-13(6-4-9-16)8-10-18-15/h2-3,5,7-8,10H,9,11,16H2,1H3. The molecule has 0 aliphatic rings. The number of hydrogen-bond donors (Lipinski definition) is 1. The number of hydrogen-bond acceptors (Lipinski definition) is 3. The average Bonchev–Trinajstić information content (AvgIpc) is 2.83. The predicted molar refractivity (Wildman–Crippen MR) is 75.8 cm³/mol. The number of para-hydroxylation sites is 1. The molecule has 0 saturated carbocycles. The summed E-state index contributed by atoms with van der Waals surface area (Å²) in [5.74, 6) is 6.85. The molecule has 0 saturated heterocycles. The van der Waals surface area contributed by atoms with Gasteiger partial charge in [0.05, 0.1) is 11.4 Å². The van der Waals surface area contributed by atoms with Gasteiger partial charge in [-0.1, -0.05) is 30.0 Å². The lowest BCUT2D eigenvalue weighted by molar-refractivity contribution is 0.307. The summed E-state index contributed by atoms with van der Waals surface area (Å²) in [5.41, 5.74) is 7.53. The van der Waals surface area contributed by atoms with Crippen LogP contribution in [0.3, 0.4) is 0 Å². The van der Waals surface area contributed by atoms with Gasteiger partial charge >= 0.3 is 0 Å². The fraction of sp³-hybridized carbons (Fsp3) is 0.200. The highest BCUT2D eigenvalue weighted by Crippen LogP contribution is 2.21. The Balaban J connectivity index is 2.07. The molecule has 2 rings (SSSR count). The molecule has 92 valence electrons. The lowest BCUT2D eigenvalue weighted by Crippen LogP contribution is -1.97. The molecule has 18 heavy (non-hydrogen) atoms. The number of thiophene rings is 1. The molecule has 2 aromatic rings. The maximum Gasteiger partial charge on any atom is 0.124 e. The molecule has 0 radical (unpaired) electrons. The second kappa shape index (κ2) is 6.25. The van der Waals surface area contributed by atoms with Crippen molar-refractivity contribution in [2.45, 2.75) is 13.5 Å². The minimum Gasteiger partial charge on any atom is -0.488 e. The van der Waals surface area contributed by atoms with Crippen LogP contribution in [0, 0.1) is 18.8 Å². The van der Waals surface area contributed by atoms with Crippen molar-refractivity contribution in [2.24, 2.45) is 5.73 Å². The van der Waals surface area contributed by atoms with Crippen LogP contribution in [0.15, 0.2) is 35.7 Å². The Kier molecular flexibility index (Phi) is 4.40. The zero-order chi connectivity index (χ0) is 12.8. The van der Waals surface area contributed by atoms with Crippen molar-refractivity contribution >= 4 is 11.3 Å². The van der Waals surface area contributed by atoms with Crippen molar-refractivity contribution in [3.8, 4) is 17.6 Å². The van der Waals surface area contributed by atoms with E-state index in [-0.39, 0.29) is 0 Å². The summed E-state index contributed by atoms with van der Waals surface area (Å²) in [6, 6.07) is 10.0. The van der Waals surface area contributed by atoms with Gasteiger partial charge in [-0.05, 0) is 30.0 Å². The highest BCUT2D eigenvalue weighted by Gasteiger charge is 2.04. The third-order valence-electron chi connectivity index (χ3n) is 2.52. The number of rotatable bonds is 3. The van der Waals surface area contributed by atoms with Gasteiger partial charge in [-0.25, -0.2) is 0 Å². The normalized spacial score (nSPS) is 9.67. The summed E-state index contributed by atoms with van der Waals surface area (Å²) in [7, 11) is 0. The lowest BCUT2D eigenvalue weighted by atomic mass is 10.2. The van der Waals surface area contributed by atoms with Gasteiger partial charge in [0.25, 0.3) is 0 Å². The summed E-state index contributed by atoms with van der Waals surface area (Å²) in [4.78, 5) is 1.14. The maximum atomic E-state index is 5.81. The lowest BCUT2D eigenvalue weighted by Gasteiger charge is -2.07. The molecule has 1 aromatic heterocycles. The minimum absolute atomic E-state index is 0.383.